The monoisotopic (exact) mass is 240 g/mol. The van der Waals surface area contributed by atoms with Gasteiger partial charge in [-0.1, -0.05) is 26.7 Å². The minimum absolute atomic E-state index is 0.161. The molecule has 1 heterocycles. The summed E-state index contributed by atoms with van der Waals surface area (Å²) in [6, 6.07) is 0. The van der Waals surface area contributed by atoms with Crippen molar-refractivity contribution >= 4 is 8.32 Å². The zero-order valence-corrected chi connectivity index (χ0v) is 12.6. The molecular formula is C13H24O2Si. The molecule has 0 N–H and O–H groups in total. The summed E-state index contributed by atoms with van der Waals surface area (Å²) >= 11 is 0. The molecular weight excluding hydrogens is 216 g/mol. The van der Waals surface area contributed by atoms with Gasteiger partial charge in [0.05, 0.1) is 6.61 Å². The van der Waals surface area contributed by atoms with Crippen LogP contribution in [0.3, 0.4) is 0 Å². The van der Waals surface area contributed by atoms with E-state index in [2.05, 4.69) is 45.7 Å². The molecule has 0 aromatic carbocycles. The average molecular weight is 240 g/mol. The van der Waals surface area contributed by atoms with E-state index >= 15 is 0 Å². The first-order chi connectivity index (χ1) is 7.12. The van der Waals surface area contributed by atoms with Crippen LogP contribution in [0.15, 0.2) is 0 Å². The Hall–Kier alpha value is -0.303. The second-order valence-corrected chi connectivity index (χ2v) is 11.0. The van der Waals surface area contributed by atoms with Crippen molar-refractivity contribution in [2.75, 3.05) is 6.61 Å². The third kappa shape index (κ3) is 2.88. The summed E-state index contributed by atoms with van der Waals surface area (Å²) in [7, 11) is -1.64. The van der Waals surface area contributed by atoms with Crippen molar-refractivity contribution in [1.82, 2.24) is 0 Å². The van der Waals surface area contributed by atoms with E-state index in [1.54, 1.807) is 0 Å². The summed E-state index contributed by atoms with van der Waals surface area (Å²) in [6.07, 6.45) is 0.161. The molecule has 3 heteroatoms. The zero-order valence-electron chi connectivity index (χ0n) is 11.6. The average Bonchev–Trinajstić information content (AvgIpc) is 2.72. The maximum absolute atomic E-state index is 6.11. The van der Waals surface area contributed by atoms with Crippen LogP contribution in [0, 0.1) is 11.8 Å². The Kier molecular flexibility index (Phi) is 3.59. The first-order valence-corrected chi connectivity index (χ1v) is 8.79. The molecule has 1 aliphatic rings. The highest BCUT2D eigenvalue weighted by Gasteiger charge is 2.52. The summed E-state index contributed by atoms with van der Waals surface area (Å²) < 4.78 is 11.7. The molecule has 2 atom stereocenters. The number of ether oxygens (including phenoxy) is 1. The summed E-state index contributed by atoms with van der Waals surface area (Å²) in [5.41, 5.74) is -0.253. The second-order valence-electron chi connectivity index (χ2n) is 6.16. The van der Waals surface area contributed by atoms with Gasteiger partial charge in [-0.05, 0) is 32.0 Å². The van der Waals surface area contributed by atoms with Crippen molar-refractivity contribution in [2.45, 2.75) is 64.5 Å². The van der Waals surface area contributed by atoms with E-state index in [0.717, 1.165) is 0 Å². The van der Waals surface area contributed by atoms with Crippen LogP contribution in [0.1, 0.15) is 34.6 Å². The lowest BCUT2D eigenvalue weighted by Gasteiger charge is -2.36. The Morgan fingerprint density at radius 3 is 2.38 bits per heavy atom. The van der Waals surface area contributed by atoms with E-state index < -0.39 is 8.32 Å². The van der Waals surface area contributed by atoms with Gasteiger partial charge in [-0.25, -0.2) is 0 Å². The van der Waals surface area contributed by atoms with Crippen molar-refractivity contribution < 1.29 is 9.16 Å². The van der Waals surface area contributed by atoms with Crippen LogP contribution in [0.25, 0.3) is 0 Å². The molecule has 0 aromatic rings. The molecule has 0 saturated carbocycles. The summed E-state index contributed by atoms with van der Waals surface area (Å²) in [4.78, 5) is 0. The van der Waals surface area contributed by atoms with Gasteiger partial charge in [-0.3, -0.25) is 0 Å². The standard InChI is InChI=1S/C13H24O2Si/c1-8-9-13(5)11(15-13)10-14-16(6,7)12(2,3)4/h11H,10H2,1-7H3. The van der Waals surface area contributed by atoms with Gasteiger partial charge in [0.15, 0.2) is 13.9 Å². The topological polar surface area (TPSA) is 21.8 Å². The smallest absolute Gasteiger partial charge is 0.192 e. The first kappa shape index (κ1) is 13.8. The number of epoxide rings is 1. The van der Waals surface area contributed by atoms with Gasteiger partial charge in [-0.2, -0.15) is 0 Å². The summed E-state index contributed by atoms with van der Waals surface area (Å²) in [5, 5.41) is 0.259. The Labute approximate surface area is 101 Å². The van der Waals surface area contributed by atoms with E-state index in [1.165, 1.54) is 0 Å². The predicted molar refractivity (Wildman–Crippen MR) is 69.9 cm³/mol. The van der Waals surface area contributed by atoms with Crippen LogP contribution in [0.2, 0.25) is 18.1 Å². The first-order valence-electron chi connectivity index (χ1n) is 5.88. The zero-order chi connectivity index (χ0) is 12.6. The molecule has 2 nitrogen and oxygen atoms in total. The van der Waals surface area contributed by atoms with Crippen molar-refractivity contribution in [3.63, 3.8) is 0 Å². The minimum Gasteiger partial charge on any atom is -0.414 e. The fraction of sp³-hybridized carbons (Fsp3) is 0.846. The van der Waals surface area contributed by atoms with E-state index in [0.29, 0.717) is 6.61 Å². The van der Waals surface area contributed by atoms with Crippen molar-refractivity contribution in [3.8, 4) is 11.8 Å². The highest BCUT2D eigenvalue weighted by atomic mass is 28.4. The highest BCUT2D eigenvalue weighted by Crippen LogP contribution is 2.40. The van der Waals surface area contributed by atoms with E-state index in [4.69, 9.17) is 9.16 Å². The summed E-state index contributed by atoms with van der Waals surface area (Å²) in [5.74, 6) is 5.99. The molecule has 16 heavy (non-hydrogen) atoms. The molecule has 0 aromatic heterocycles. The van der Waals surface area contributed by atoms with Gasteiger partial charge >= 0.3 is 0 Å². The quantitative estimate of drug-likeness (QED) is 0.429. The molecule has 0 bridgehead atoms. The molecule has 1 saturated heterocycles. The molecule has 1 fully saturated rings. The van der Waals surface area contributed by atoms with Crippen molar-refractivity contribution in [3.05, 3.63) is 0 Å². The van der Waals surface area contributed by atoms with Crippen LogP contribution in [-0.2, 0) is 9.16 Å². The molecule has 0 spiro atoms. The lowest BCUT2D eigenvalue weighted by Crippen LogP contribution is -2.42. The fourth-order valence-electron chi connectivity index (χ4n) is 1.31. The van der Waals surface area contributed by atoms with E-state index in [1.807, 2.05) is 13.8 Å². The van der Waals surface area contributed by atoms with Crippen LogP contribution in [0.5, 0.6) is 0 Å². The largest absolute Gasteiger partial charge is 0.414 e. The lowest BCUT2D eigenvalue weighted by atomic mass is 10.1. The summed E-state index contributed by atoms with van der Waals surface area (Å²) in [6.45, 7) is 15.8. The maximum atomic E-state index is 6.11. The fourth-order valence-corrected chi connectivity index (χ4v) is 2.31. The minimum atomic E-state index is -1.64. The van der Waals surface area contributed by atoms with Gasteiger partial charge in [0, 0.05) is 0 Å². The Balaban J connectivity index is 2.46. The van der Waals surface area contributed by atoms with Gasteiger partial charge in [0.25, 0.3) is 0 Å². The molecule has 1 aliphatic heterocycles. The molecule has 1 rings (SSSR count). The third-order valence-corrected chi connectivity index (χ3v) is 8.22. The van der Waals surface area contributed by atoms with Crippen LogP contribution in [0.4, 0.5) is 0 Å². The van der Waals surface area contributed by atoms with Crippen LogP contribution >= 0.6 is 0 Å². The number of hydrogen-bond donors (Lipinski definition) is 0. The molecule has 92 valence electrons. The Morgan fingerprint density at radius 1 is 1.38 bits per heavy atom. The number of hydrogen-bond acceptors (Lipinski definition) is 2. The predicted octanol–water partition coefficient (Wildman–Crippen LogP) is 3.19. The molecule has 0 amide bonds. The Morgan fingerprint density at radius 2 is 1.94 bits per heavy atom. The SMILES string of the molecule is CC#CC1(C)OC1CO[Si](C)(C)C(C)(C)C. The van der Waals surface area contributed by atoms with E-state index in [-0.39, 0.29) is 16.7 Å². The normalized spacial score (nSPS) is 29.6. The Bertz CT molecular complexity index is 319. The van der Waals surface area contributed by atoms with Crippen LogP contribution in [-0.4, -0.2) is 26.6 Å². The van der Waals surface area contributed by atoms with Gasteiger partial charge < -0.3 is 9.16 Å². The second kappa shape index (κ2) is 4.18. The number of rotatable bonds is 3. The van der Waals surface area contributed by atoms with Crippen molar-refractivity contribution in [2.24, 2.45) is 0 Å². The lowest BCUT2D eigenvalue weighted by molar-refractivity contribution is 0.240. The maximum Gasteiger partial charge on any atom is 0.192 e. The van der Waals surface area contributed by atoms with Crippen molar-refractivity contribution in [1.29, 1.82) is 0 Å². The van der Waals surface area contributed by atoms with Gasteiger partial charge in [0.2, 0.25) is 0 Å². The van der Waals surface area contributed by atoms with E-state index in [9.17, 15) is 0 Å². The van der Waals surface area contributed by atoms with Gasteiger partial charge in [0.1, 0.15) is 6.10 Å². The highest BCUT2D eigenvalue weighted by molar-refractivity contribution is 6.74. The molecule has 0 aliphatic carbocycles. The molecule has 0 radical (unpaired) electrons. The molecule has 2 unspecified atom stereocenters. The van der Waals surface area contributed by atoms with Gasteiger partial charge in [-0.15, -0.1) is 5.92 Å². The third-order valence-electron chi connectivity index (χ3n) is 3.72. The van der Waals surface area contributed by atoms with Crippen LogP contribution < -0.4 is 0 Å².